The Hall–Kier alpha value is -0.780. The van der Waals surface area contributed by atoms with Crippen LogP contribution in [0, 0.1) is 35.5 Å². The summed E-state index contributed by atoms with van der Waals surface area (Å²) >= 11 is 0. The van der Waals surface area contributed by atoms with Crippen LogP contribution in [0.15, 0.2) is 37.0 Å². The van der Waals surface area contributed by atoms with Crippen LogP contribution in [0.2, 0.25) is 0 Å². The van der Waals surface area contributed by atoms with Crippen LogP contribution in [-0.4, -0.2) is 0 Å². The van der Waals surface area contributed by atoms with E-state index in [1.54, 1.807) is 5.57 Å². The van der Waals surface area contributed by atoms with Crippen molar-refractivity contribution in [3.8, 4) is 0 Å². The number of hydrogen-bond acceptors (Lipinski definition) is 0. The first-order chi connectivity index (χ1) is 14.7. The van der Waals surface area contributed by atoms with E-state index in [9.17, 15) is 0 Å². The number of allylic oxidation sites excluding steroid dienone is 4. The molecule has 0 N–H and O–H groups in total. The molecule has 3 aliphatic carbocycles. The molecule has 3 saturated carbocycles. The van der Waals surface area contributed by atoms with Gasteiger partial charge in [-0.15, -0.1) is 6.58 Å². The summed E-state index contributed by atoms with van der Waals surface area (Å²) in [7, 11) is 0. The third kappa shape index (κ3) is 7.13. The first-order valence-corrected chi connectivity index (χ1v) is 13.7. The van der Waals surface area contributed by atoms with E-state index < -0.39 is 0 Å². The Kier molecular flexibility index (Phi) is 10.3. The molecule has 2 unspecified atom stereocenters. The Balaban J connectivity index is 1.40. The summed E-state index contributed by atoms with van der Waals surface area (Å²) in [6, 6.07) is 0. The summed E-state index contributed by atoms with van der Waals surface area (Å²) in [5, 5.41) is 0. The first kappa shape index (κ1) is 23.9. The molecule has 3 fully saturated rings. The molecule has 0 aromatic heterocycles. The number of hydrogen-bond donors (Lipinski definition) is 0. The minimum absolute atomic E-state index is 0.776. The van der Waals surface area contributed by atoms with Crippen molar-refractivity contribution in [1.82, 2.24) is 0 Å². The SMILES string of the molecule is C=CCCC1CCC(CC/C=C/C2CCCCC2C(=C)C2CCC(CC)CC2)CC1. The standard InChI is InChI=1S/C30H50/c1-4-6-11-26-16-18-27(19-17-26)12-7-8-13-29-14-9-10-15-30(29)24(3)28-22-20-25(5-2)21-23-28/h4,8,13,25-30H,1,3,5-7,9-12,14-23H2,2H3/b13-8+. The van der Waals surface area contributed by atoms with E-state index in [2.05, 4.69) is 31.7 Å². The summed E-state index contributed by atoms with van der Waals surface area (Å²) < 4.78 is 0. The quantitative estimate of drug-likeness (QED) is 0.314. The molecule has 3 aliphatic rings. The molecule has 0 aromatic rings. The molecule has 0 spiro atoms. The molecule has 170 valence electrons. The molecule has 3 rings (SSSR count). The molecule has 0 bridgehead atoms. The van der Waals surface area contributed by atoms with E-state index in [-0.39, 0.29) is 0 Å². The van der Waals surface area contributed by atoms with Crippen LogP contribution >= 0.6 is 0 Å². The Labute approximate surface area is 188 Å². The highest BCUT2D eigenvalue weighted by molar-refractivity contribution is 5.13. The van der Waals surface area contributed by atoms with Gasteiger partial charge in [-0.3, -0.25) is 0 Å². The van der Waals surface area contributed by atoms with E-state index >= 15 is 0 Å². The van der Waals surface area contributed by atoms with Crippen LogP contribution in [0.4, 0.5) is 0 Å². The minimum Gasteiger partial charge on any atom is -0.103 e. The van der Waals surface area contributed by atoms with Gasteiger partial charge in [0.25, 0.3) is 0 Å². The second kappa shape index (κ2) is 12.9. The molecular weight excluding hydrogens is 360 g/mol. The lowest BCUT2D eigenvalue weighted by atomic mass is 9.68. The zero-order chi connectivity index (χ0) is 21.2. The summed E-state index contributed by atoms with van der Waals surface area (Å²) in [6.45, 7) is 10.9. The Morgan fingerprint density at radius 2 is 1.37 bits per heavy atom. The highest BCUT2D eigenvalue weighted by Gasteiger charge is 2.31. The fourth-order valence-electron chi connectivity index (χ4n) is 6.86. The van der Waals surface area contributed by atoms with Gasteiger partial charge in [-0.2, -0.15) is 0 Å². The van der Waals surface area contributed by atoms with E-state index in [4.69, 9.17) is 6.58 Å². The van der Waals surface area contributed by atoms with Gasteiger partial charge in [0.2, 0.25) is 0 Å². The summed E-state index contributed by atoms with van der Waals surface area (Å²) in [6.07, 6.45) is 31.2. The molecule has 0 heterocycles. The van der Waals surface area contributed by atoms with Crippen molar-refractivity contribution in [2.45, 2.75) is 116 Å². The Morgan fingerprint density at radius 1 is 0.767 bits per heavy atom. The molecule has 0 heteroatoms. The van der Waals surface area contributed by atoms with Crippen molar-refractivity contribution in [2.24, 2.45) is 35.5 Å². The highest BCUT2D eigenvalue weighted by atomic mass is 14.4. The second-order valence-electron chi connectivity index (χ2n) is 11.0. The predicted molar refractivity (Wildman–Crippen MR) is 134 cm³/mol. The van der Waals surface area contributed by atoms with Gasteiger partial charge in [-0.05, 0) is 99.7 Å². The maximum absolute atomic E-state index is 4.69. The van der Waals surface area contributed by atoms with E-state index in [0.29, 0.717) is 0 Å². The van der Waals surface area contributed by atoms with Gasteiger partial charge in [0.05, 0.1) is 0 Å². The maximum atomic E-state index is 4.69. The van der Waals surface area contributed by atoms with Crippen molar-refractivity contribution in [1.29, 1.82) is 0 Å². The lowest BCUT2D eigenvalue weighted by molar-refractivity contribution is 0.247. The zero-order valence-electron chi connectivity index (χ0n) is 20.1. The van der Waals surface area contributed by atoms with Crippen molar-refractivity contribution in [3.63, 3.8) is 0 Å². The molecule has 0 aliphatic heterocycles. The van der Waals surface area contributed by atoms with Crippen LogP contribution in [0.3, 0.4) is 0 Å². The van der Waals surface area contributed by atoms with Gasteiger partial charge >= 0.3 is 0 Å². The van der Waals surface area contributed by atoms with E-state index in [0.717, 1.165) is 35.5 Å². The maximum Gasteiger partial charge on any atom is -0.0140 e. The van der Waals surface area contributed by atoms with Gasteiger partial charge < -0.3 is 0 Å². The molecule has 30 heavy (non-hydrogen) atoms. The number of rotatable bonds is 10. The predicted octanol–water partition coefficient (Wildman–Crippen LogP) is 9.67. The molecular formula is C30H50. The smallest absolute Gasteiger partial charge is 0.0140 e. The Bertz CT molecular complexity index is 524. The minimum atomic E-state index is 0.776. The summed E-state index contributed by atoms with van der Waals surface area (Å²) in [5.74, 6) is 5.34. The summed E-state index contributed by atoms with van der Waals surface area (Å²) in [4.78, 5) is 0. The third-order valence-corrected chi connectivity index (χ3v) is 9.11. The van der Waals surface area contributed by atoms with Crippen molar-refractivity contribution < 1.29 is 0 Å². The van der Waals surface area contributed by atoms with Crippen LogP contribution < -0.4 is 0 Å². The molecule has 0 radical (unpaired) electrons. The van der Waals surface area contributed by atoms with Gasteiger partial charge in [0.1, 0.15) is 0 Å². The van der Waals surface area contributed by atoms with Crippen LogP contribution in [0.25, 0.3) is 0 Å². The van der Waals surface area contributed by atoms with Crippen LogP contribution in [-0.2, 0) is 0 Å². The average Bonchev–Trinajstić information content (AvgIpc) is 2.81. The van der Waals surface area contributed by atoms with Crippen LogP contribution in [0.1, 0.15) is 116 Å². The normalized spacial score (nSPS) is 35.4. The largest absolute Gasteiger partial charge is 0.103 e. The summed E-state index contributed by atoms with van der Waals surface area (Å²) in [5.41, 5.74) is 1.64. The van der Waals surface area contributed by atoms with Crippen LogP contribution in [0.5, 0.6) is 0 Å². The molecule has 0 aromatic carbocycles. The van der Waals surface area contributed by atoms with Gasteiger partial charge in [-0.25, -0.2) is 0 Å². The van der Waals surface area contributed by atoms with Crippen molar-refractivity contribution >= 4 is 0 Å². The first-order valence-electron chi connectivity index (χ1n) is 13.7. The fraction of sp³-hybridized carbons (Fsp3) is 0.800. The van der Waals surface area contributed by atoms with Gasteiger partial charge in [0.15, 0.2) is 0 Å². The van der Waals surface area contributed by atoms with Crippen molar-refractivity contribution in [3.05, 3.63) is 37.0 Å². The van der Waals surface area contributed by atoms with Gasteiger partial charge in [0, 0.05) is 0 Å². The lowest BCUT2D eigenvalue weighted by Gasteiger charge is -2.37. The lowest BCUT2D eigenvalue weighted by Crippen LogP contribution is -2.25. The van der Waals surface area contributed by atoms with Crippen molar-refractivity contribution in [2.75, 3.05) is 0 Å². The average molecular weight is 411 g/mol. The molecule has 2 atom stereocenters. The molecule has 0 amide bonds. The molecule has 0 nitrogen and oxygen atoms in total. The topological polar surface area (TPSA) is 0 Å². The van der Waals surface area contributed by atoms with E-state index in [1.165, 1.54) is 109 Å². The molecule has 0 saturated heterocycles. The highest BCUT2D eigenvalue weighted by Crippen LogP contribution is 2.43. The zero-order valence-corrected chi connectivity index (χ0v) is 20.1. The fourth-order valence-corrected chi connectivity index (χ4v) is 6.86. The third-order valence-electron chi connectivity index (χ3n) is 9.11. The monoisotopic (exact) mass is 410 g/mol. The Morgan fingerprint density at radius 3 is 2.00 bits per heavy atom. The van der Waals surface area contributed by atoms with Gasteiger partial charge in [-0.1, -0.05) is 82.2 Å². The second-order valence-corrected chi connectivity index (χ2v) is 11.0. The van der Waals surface area contributed by atoms with E-state index in [1.807, 2.05) is 0 Å².